The van der Waals surface area contributed by atoms with Gasteiger partial charge >= 0.3 is 0 Å². The Labute approximate surface area is 94.2 Å². The summed E-state index contributed by atoms with van der Waals surface area (Å²) in [5, 5.41) is 11.7. The highest BCUT2D eigenvalue weighted by Crippen LogP contribution is 2.14. The summed E-state index contributed by atoms with van der Waals surface area (Å²) < 4.78 is 1.81. The summed E-state index contributed by atoms with van der Waals surface area (Å²) in [7, 11) is 0. The van der Waals surface area contributed by atoms with Gasteiger partial charge in [-0.2, -0.15) is 5.10 Å². The first kappa shape index (κ1) is 10.4. The van der Waals surface area contributed by atoms with Gasteiger partial charge in [-0.1, -0.05) is 0 Å². The molecule has 2 rings (SSSR count). The van der Waals surface area contributed by atoms with Crippen LogP contribution in [0, 0.1) is 19.3 Å². The number of aryl methyl sites for hydroxylation is 2. The number of hydrogen-bond donors (Lipinski definition) is 2. The van der Waals surface area contributed by atoms with Gasteiger partial charge < -0.3 is 5.73 Å². The molecule has 0 amide bonds. The predicted molar refractivity (Wildman–Crippen MR) is 64.1 cm³/mol. The Morgan fingerprint density at radius 1 is 1.31 bits per heavy atom. The lowest BCUT2D eigenvalue weighted by atomic mass is 10.1. The van der Waals surface area contributed by atoms with Crippen molar-refractivity contribution in [3.8, 4) is 5.69 Å². The molecule has 0 aliphatic carbocycles. The molecular weight excluding hydrogens is 200 g/mol. The fourth-order valence-electron chi connectivity index (χ4n) is 1.65. The molecule has 4 heteroatoms. The Balaban J connectivity index is 2.45. The molecule has 0 aliphatic heterocycles. The van der Waals surface area contributed by atoms with Crippen LogP contribution in [0.3, 0.4) is 0 Å². The Bertz CT molecular complexity index is 540. The maximum Gasteiger partial charge on any atom is 0.123 e. The summed E-state index contributed by atoms with van der Waals surface area (Å²) in [5.41, 5.74) is 9.19. The summed E-state index contributed by atoms with van der Waals surface area (Å²) in [6.45, 7) is 3.89. The van der Waals surface area contributed by atoms with Crippen LogP contribution in [-0.4, -0.2) is 15.6 Å². The van der Waals surface area contributed by atoms with E-state index in [9.17, 15) is 0 Å². The van der Waals surface area contributed by atoms with E-state index in [1.807, 2.05) is 49.0 Å². The van der Waals surface area contributed by atoms with Crippen LogP contribution in [0.25, 0.3) is 5.69 Å². The lowest BCUT2D eigenvalue weighted by molar-refractivity contribution is 0.861. The molecular formula is C12H14N4. The van der Waals surface area contributed by atoms with E-state index < -0.39 is 0 Å². The van der Waals surface area contributed by atoms with Crippen LogP contribution in [0.5, 0.6) is 0 Å². The first-order valence-corrected chi connectivity index (χ1v) is 5.05. The van der Waals surface area contributed by atoms with E-state index in [0.29, 0.717) is 0 Å². The SMILES string of the molecule is Cc1ccn(-c2ccc(C(=N)N)c(C)c2)n1. The zero-order chi connectivity index (χ0) is 11.7. The smallest absolute Gasteiger partial charge is 0.123 e. The average Bonchev–Trinajstić information content (AvgIpc) is 2.64. The minimum atomic E-state index is 0.0979. The maximum absolute atomic E-state index is 7.41. The normalized spacial score (nSPS) is 10.4. The minimum Gasteiger partial charge on any atom is -0.384 e. The number of nitrogens with zero attached hydrogens (tertiary/aromatic N) is 2. The lowest BCUT2D eigenvalue weighted by Crippen LogP contribution is -2.13. The molecule has 3 N–H and O–H groups in total. The van der Waals surface area contributed by atoms with Crippen molar-refractivity contribution in [3.63, 3.8) is 0 Å². The molecule has 1 aromatic carbocycles. The second-order valence-electron chi connectivity index (χ2n) is 3.81. The zero-order valence-corrected chi connectivity index (χ0v) is 9.36. The quantitative estimate of drug-likeness (QED) is 0.591. The van der Waals surface area contributed by atoms with Gasteiger partial charge in [-0.05, 0) is 43.7 Å². The monoisotopic (exact) mass is 214 g/mol. The third-order valence-corrected chi connectivity index (χ3v) is 2.49. The van der Waals surface area contributed by atoms with E-state index >= 15 is 0 Å². The summed E-state index contributed by atoms with van der Waals surface area (Å²) in [6, 6.07) is 7.69. The largest absolute Gasteiger partial charge is 0.384 e. The van der Waals surface area contributed by atoms with Gasteiger partial charge in [0.2, 0.25) is 0 Å². The van der Waals surface area contributed by atoms with Crippen LogP contribution in [0.2, 0.25) is 0 Å². The second kappa shape index (κ2) is 3.81. The number of rotatable bonds is 2. The fourth-order valence-corrected chi connectivity index (χ4v) is 1.65. The molecule has 0 saturated carbocycles. The molecule has 0 radical (unpaired) electrons. The van der Waals surface area contributed by atoms with Gasteiger partial charge in [0.25, 0.3) is 0 Å². The maximum atomic E-state index is 7.41. The van der Waals surface area contributed by atoms with E-state index in [1.54, 1.807) is 0 Å². The van der Waals surface area contributed by atoms with Gasteiger partial charge in [-0.25, -0.2) is 4.68 Å². The van der Waals surface area contributed by atoms with Crippen molar-refractivity contribution in [2.24, 2.45) is 5.73 Å². The minimum absolute atomic E-state index is 0.0979. The molecule has 0 aliphatic rings. The number of benzene rings is 1. The molecule has 0 saturated heterocycles. The van der Waals surface area contributed by atoms with Gasteiger partial charge in [0, 0.05) is 11.8 Å². The van der Waals surface area contributed by atoms with E-state index in [2.05, 4.69) is 5.10 Å². The van der Waals surface area contributed by atoms with E-state index in [4.69, 9.17) is 11.1 Å². The van der Waals surface area contributed by atoms with Crippen molar-refractivity contribution in [3.05, 3.63) is 47.3 Å². The van der Waals surface area contributed by atoms with Crippen molar-refractivity contribution < 1.29 is 0 Å². The Morgan fingerprint density at radius 2 is 2.06 bits per heavy atom. The van der Waals surface area contributed by atoms with Crippen molar-refractivity contribution >= 4 is 5.84 Å². The molecule has 82 valence electrons. The van der Waals surface area contributed by atoms with Crippen molar-refractivity contribution in [1.29, 1.82) is 5.41 Å². The van der Waals surface area contributed by atoms with Crippen molar-refractivity contribution in [2.75, 3.05) is 0 Å². The third-order valence-electron chi connectivity index (χ3n) is 2.49. The van der Waals surface area contributed by atoms with Crippen LogP contribution in [0.1, 0.15) is 16.8 Å². The van der Waals surface area contributed by atoms with Crippen LogP contribution >= 0.6 is 0 Å². The molecule has 0 bridgehead atoms. The molecule has 4 nitrogen and oxygen atoms in total. The van der Waals surface area contributed by atoms with E-state index in [-0.39, 0.29) is 5.84 Å². The van der Waals surface area contributed by atoms with Gasteiger partial charge in [-0.3, -0.25) is 5.41 Å². The van der Waals surface area contributed by atoms with Gasteiger partial charge in [0.1, 0.15) is 5.84 Å². The Kier molecular flexibility index (Phi) is 2.48. The first-order chi connectivity index (χ1) is 7.58. The highest BCUT2D eigenvalue weighted by atomic mass is 15.3. The Morgan fingerprint density at radius 3 is 2.56 bits per heavy atom. The summed E-state index contributed by atoms with van der Waals surface area (Å²) in [4.78, 5) is 0. The topological polar surface area (TPSA) is 67.7 Å². The van der Waals surface area contributed by atoms with Crippen LogP contribution in [0.4, 0.5) is 0 Å². The average molecular weight is 214 g/mol. The summed E-state index contributed by atoms with van der Waals surface area (Å²) >= 11 is 0. The molecule has 0 fully saturated rings. The number of aromatic nitrogens is 2. The van der Waals surface area contributed by atoms with Gasteiger partial charge in [0.05, 0.1) is 11.4 Å². The van der Waals surface area contributed by atoms with Crippen molar-refractivity contribution in [1.82, 2.24) is 9.78 Å². The number of hydrogen-bond acceptors (Lipinski definition) is 2. The molecule has 0 atom stereocenters. The van der Waals surface area contributed by atoms with Crippen molar-refractivity contribution in [2.45, 2.75) is 13.8 Å². The summed E-state index contributed by atoms with van der Waals surface area (Å²) in [5.74, 6) is 0.0979. The zero-order valence-electron chi connectivity index (χ0n) is 9.36. The van der Waals surface area contributed by atoms with Gasteiger partial charge in [-0.15, -0.1) is 0 Å². The highest BCUT2D eigenvalue weighted by molar-refractivity contribution is 5.96. The van der Waals surface area contributed by atoms with Crippen LogP contribution in [-0.2, 0) is 0 Å². The molecule has 1 heterocycles. The lowest BCUT2D eigenvalue weighted by Gasteiger charge is -2.07. The number of nitrogens with two attached hydrogens (primary N) is 1. The van der Waals surface area contributed by atoms with E-state index in [1.165, 1.54) is 0 Å². The highest BCUT2D eigenvalue weighted by Gasteiger charge is 2.04. The standard InChI is InChI=1S/C12H14N4/c1-8-7-10(3-4-11(8)12(13)14)16-6-5-9(2)15-16/h3-7H,1-2H3,(H3,13,14). The third kappa shape index (κ3) is 1.82. The molecule has 0 spiro atoms. The Hall–Kier alpha value is -2.10. The molecule has 16 heavy (non-hydrogen) atoms. The first-order valence-electron chi connectivity index (χ1n) is 5.05. The van der Waals surface area contributed by atoms with Crippen LogP contribution in [0.15, 0.2) is 30.5 Å². The predicted octanol–water partition coefficient (Wildman–Crippen LogP) is 1.77. The number of nitrogen functional groups attached to an aromatic ring is 1. The molecule has 1 aromatic heterocycles. The van der Waals surface area contributed by atoms with E-state index in [0.717, 1.165) is 22.5 Å². The van der Waals surface area contributed by atoms with Crippen LogP contribution < -0.4 is 5.73 Å². The summed E-state index contributed by atoms with van der Waals surface area (Å²) in [6.07, 6.45) is 1.91. The fraction of sp³-hybridized carbons (Fsp3) is 0.167. The second-order valence-corrected chi connectivity index (χ2v) is 3.81. The number of amidine groups is 1. The molecule has 2 aromatic rings. The van der Waals surface area contributed by atoms with Gasteiger partial charge in [0.15, 0.2) is 0 Å². The number of nitrogens with one attached hydrogen (secondary N) is 1. The molecule has 0 unspecified atom stereocenters.